The van der Waals surface area contributed by atoms with Crippen molar-refractivity contribution in [2.75, 3.05) is 13.1 Å². The van der Waals surface area contributed by atoms with Gasteiger partial charge in [0.25, 0.3) is 0 Å². The van der Waals surface area contributed by atoms with Crippen molar-refractivity contribution in [2.45, 2.75) is 52.7 Å². The molecule has 0 bridgehead atoms. The molecule has 1 aliphatic rings. The Labute approximate surface area is 104 Å². The van der Waals surface area contributed by atoms with Crippen LogP contribution in [-0.4, -0.2) is 35.7 Å². The highest BCUT2D eigenvalue weighted by atomic mass is 16.6. The van der Waals surface area contributed by atoms with Gasteiger partial charge in [0.15, 0.2) is 0 Å². The Morgan fingerprint density at radius 2 is 2.06 bits per heavy atom. The molecule has 0 spiro atoms. The Morgan fingerprint density at radius 3 is 2.47 bits per heavy atom. The summed E-state index contributed by atoms with van der Waals surface area (Å²) in [6.45, 7) is 11.3. The summed E-state index contributed by atoms with van der Waals surface area (Å²) in [7, 11) is 0. The number of hydrogen-bond acceptors (Lipinski definition) is 3. The van der Waals surface area contributed by atoms with E-state index in [0.717, 1.165) is 13.0 Å². The number of carbonyl (C=O) groups excluding carboxylic acids is 1. The van der Waals surface area contributed by atoms with Crippen LogP contribution in [0.2, 0.25) is 0 Å². The summed E-state index contributed by atoms with van der Waals surface area (Å²) in [4.78, 5) is 13.8. The molecule has 0 aromatic rings. The fourth-order valence-corrected chi connectivity index (χ4v) is 2.50. The quantitative estimate of drug-likeness (QED) is 0.808. The van der Waals surface area contributed by atoms with Crippen LogP contribution in [0.15, 0.2) is 0 Å². The van der Waals surface area contributed by atoms with Crippen molar-refractivity contribution < 1.29 is 9.53 Å². The highest BCUT2D eigenvalue weighted by molar-refractivity contribution is 5.69. The lowest BCUT2D eigenvalue weighted by atomic mass is 9.89. The molecule has 1 amide bonds. The summed E-state index contributed by atoms with van der Waals surface area (Å²) in [5.74, 6) is 1.04. The summed E-state index contributed by atoms with van der Waals surface area (Å²) in [6.07, 6.45) is 0.801. The van der Waals surface area contributed by atoms with Gasteiger partial charge in [-0.1, -0.05) is 13.8 Å². The normalized spacial score (nSPS) is 25.5. The van der Waals surface area contributed by atoms with Gasteiger partial charge < -0.3 is 15.4 Å². The lowest BCUT2D eigenvalue weighted by Crippen LogP contribution is -2.45. The Kier molecular flexibility index (Phi) is 4.42. The molecule has 0 aromatic heterocycles. The molecule has 0 saturated carbocycles. The smallest absolute Gasteiger partial charge is 0.410 e. The first kappa shape index (κ1) is 14.3. The van der Waals surface area contributed by atoms with Crippen molar-refractivity contribution in [3.63, 3.8) is 0 Å². The minimum atomic E-state index is -0.438. The molecule has 1 fully saturated rings. The van der Waals surface area contributed by atoms with E-state index in [1.807, 2.05) is 20.8 Å². The molecular weight excluding hydrogens is 216 g/mol. The first-order valence-corrected chi connectivity index (χ1v) is 6.46. The van der Waals surface area contributed by atoms with E-state index in [9.17, 15) is 4.79 Å². The second-order valence-electron chi connectivity index (χ2n) is 6.17. The van der Waals surface area contributed by atoms with Crippen LogP contribution in [0.4, 0.5) is 4.79 Å². The van der Waals surface area contributed by atoms with Crippen LogP contribution in [0, 0.1) is 11.8 Å². The summed E-state index contributed by atoms with van der Waals surface area (Å²) in [5, 5.41) is 0. The molecule has 4 heteroatoms. The maximum Gasteiger partial charge on any atom is 0.410 e. The first-order valence-electron chi connectivity index (χ1n) is 6.46. The van der Waals surface area contributed by atoms with Crippen LogP contribution >= 0.6 is 0 Å². The molecule has 1 aliphatic heterocycles. The van der Waals surface area contributed by atoms with Crippen LogP contribution in [-0.2, 0) is 4.74 Å². The maximum absolute atomic E-state index is 12.0. The van der Waals surface area contributed by atoms with Gasteiger partial charge in [-0.3, -0.25) is 0 Å². The van der Waals surface area contributed by atoms with Crippen molar-refractivity contribution >= 4 is 6.09 Å². The average molecular weight is 242 g/mol. The zero-order chi connectivity index (χ0) is 13.2. The van der Waals surface area contributed by atoms with Crippen LogP contribution in [0.3, 0.4) is 0 Å². The van der Waals surface area contributed by atoms with Gasteiger partial charge in [-0.15, -0.1) is 0 Å². The Bertz CT molecular complexity index is 271. The molecule has 2 N–H and O–H groups in total. The fraction of sp³-hybridized carbons (Fsp3) is 0.923. The monoisotopic (exact) mass is 242 g/mol. The van der Waals surface area contributed by atoms with Crippen LogP contribution in [0.25, 0.3) is 0 Å². The summed E-state index contributed by atoms with van der Waals surface area (Å²) in [6, 6.07) is 0.129. The van der Waals surface area contributed by atoms with Crippen molar-refractivity contribution in [3.05, 3.63) is 0 Å². The highest BCUT2D eigenvalue weighted by Gasteiger charge is 2.39. The number of carbonyl (C=O) groups is 1. The molecule has 0 aromatic carbocycles. The Balaban J connectivity index is 2.69. The van der Waals surface area contributed by atoms with Crippen molar-refractivity contribution in [1.82, 2.24) is 4.90 Å². The number of nitrogens with two attached hydrogens (primary N) is 1. The molecule has 2 unspecified atom stereocenters. The number of likely N-dealkylation sites (tertiary alicyclic amines) is 1. The molecule has 0 aliphatic carbocycles. The van der Waals surface area contributed by atoms with E-state index < -0.39 is 5.60 Å². The van der Waals surface area contributed by atoms with E-state index in [0.29, 0.717) is 18.4 Å². The molecule has 1 saturated heterocycles. The van der Waals surface area contributed by atoms with Gasteiger partial charge in [-0.2, -0.15) is 0 Å². The predicted octanol–water partition coefficient (Wildman–Crippen LogP) is 2.23. The maximum atomic E-state index is 12.0. The lowest BCUT2D eigenvalue weighted by Gasteiger charge is -2.31. The van der Waals surface area contributed by atoms with Crippen LogP contribution in [0.1, 0.15) is 41.0 Å². The van der Waals surface area contributed by atoms with E-state index in [2.05, 4.69) is 13.8 Å². The van der Waals surface area contributed by atoms with Crippen LogP contribution in [0.5, 0.6) is 0 Å². The fourth-order valence-electron chi connectivity index (χ4n) is 2.50. The molecule has 1 rings (SSSR count). The zero-order valence-electron chi connectivity index (χ0n) is 11.7. The van der Waals surface area contributed by atoms with Gasteiger partial charge in [-0.25, -0.2) is 4.79 Å². The van der Waals surface area contributed by atoms with Gasteiger partial charge in [0.05, 0.1) is 6.04 Å². The van der Waals surface area contributed by atoms with Crippen molar-refractivity contribution in [2.24, 2.45) is 17.6 Å². The molecule has 100 valence electrons. The van der Waals surface area contributed by atoms with Gasteiger partial charge in [0.2, 0.25) is 0 Å². The highest BCUT2D eigenvalue weighted by Crippen LogP contribution is 2.31. The molecule has 1 heterocycles. The summed E-state index contributed by atoms with van der Waals surface area (Å²) in [5.41, 5.74) is 5.37. The summed E-state index contributed by atoms with van der Waals surface area (Å²) >= 11 is 0. The van der Waals surface area contributed by atoms with Gasteiger partial charge >= 0.3 is 6.09 Å². The minimum absolute atomic E-state index is 0.129. The van der Waals surface area contributed by atoms with E-state index >= 15 is 0 Å². The second kappa shape index (κ2) is 5.25. The number of hydrogen-bond donors (Lipinski definition) is 1. The van der Waals surface area contributed by atoms with Crippen LogP contribution < -0.4 is 5.73 Å². The standard InChI is InChI=1S/C13H26N2O2/c1-9(2)10-6-7-15(11(10)8-14)12(16)17-13(3,4)5/h9-11H,6-8,14H2,1-5H3. The average Bonchev–Trinajstić information content (AvgIpc) is 2.57. The second-order valence-corrected chi connectivity index (χ2v) is 6.17. The van der Waals surface area contributed by atoms with Gasteiger partial charge in [-0.05, 0) is 39.0 Å². The molecule has 2 atom stereocenters. The SMILES string of the molecule is CC(C)C1CCN(C(=O)OC(C)(C)C)C1CN. The minimum Gasteiger partial charge on any atom is -0.444 e. The topological polar surface area (TPSA) is 55.6 Å². The number of ether oxygens (including phenoxy) is 1. The third-order valence-corrected chi connectivity index (χ3v) is 3.32. The van der Waals surface area contributed by atoms with E-state index in [1.165, 1.54) is 0 Å². The first-order chi connectivity index (χ1) is 7.76. The third kappa shape index (κ3) is 3.60. The Morgan fingerprint density at radius 1 is 1.47 bits per heavy atom. The van der Waals surface area contributed by atoms with Crippen molar-refractivity contribution in [1.29, 1.82) is 0 Å². The number of rotatable bonds is 2. The van der Waals surface area contributed by atoms with E-state index in [-0.39, 0.29) is 12.1 Å². The van der Waals surface area contributed by atoms with Crippen molar-refractivity contribution in [3.8, 4) is 0 Å². The van der Waals surface area contributed by atoms with E-state index in [1.54, 1.807) is 4.90 Å². The molecular formula is C13H26N2O2. The zero-order valence-corrected chi connectivity index (χ0v) is 11.7. The molecule has 4 nitrogen and oxygen atoms in total. The molecule has 17 heavy (non-hydrogen) atoms. The molecule has 0 radical (unpaired) electrons. The number of amides is 1. The summed E-state index contributed by atoms with van der Waals surface area (Å²) < 4.78 is 5.41. The third-order valence-electron chi connectivity index (χ3n) is 3.32. The lowest BCUT2D eigenvalue weighted by molar-refractivity contribution is 0.0206. The Hall–Kier alpha value is -0.770. The van der Waals surface area contributed by atoms with Gasteiger partial charge in [0, 0.05) is 13.1 Å². The van der Waals surface area contributed by atoms with E-state index in [4.69, 9.17) is 10.5 Å². The largest absolute Gasteiger partial charge is 0.444 e. The number of nitrogens with zero attached hydrogens (tertiary/aromatic N) is 1. The predicted molar refractivity (Wildman–Crippen MR) is 68.7 cm³/mol. The van der Waals surface area contributed by atoms with Gasteiger partial charge in [0.1, 0.15) is 5.60 Å².